The van der Waals surface area contributed by atoms with Gasteiger partial charge in [-0.2, -0.15) is 0 Å². The van der Waals surface area contributed by atoms with Crippen LogP contribution < -0.4 is 26.4 Å². The predicted octanol–water partition coefficient (Wildman–Crippen LogP) is 5.77. The molecule has 3 aliphatic rings. The topological polar surface area (TPSA) is 182 Å². The van der Waals surface area contributed by atoms with E-state index >= 15 is 0 Å². The number of aryl methyl sites for hydroxylation is 1. The number of aromatic amines is 1. The highest BCUT2D eigenvalue weighted by Gasteiger charge is 2.41. The molecule has 286 valence electrons. The van der Waals surface area contributed by atoms with Crippen molar-refractivity contribution in [3.05, 3.63) is 46.1 Å². The van der Waals surface area contributed by atoms with Crippen molar-refractivity contribution in [3.8, 4) is 11.6 Å². The fourth-order valence-electron chi connectivity index (χ4n) is 5.89. The Morgan fingerprint density at radius 2 is 1.82 bits per heavy atom. The van der Waals surface area contributed by atoms with Crippen LogP contribution in [0.3, 0.4) is 0 Å². The quantitative estimate of drug-likeness (QED) is 0.0929. The Labute approximate surface area is 308 Å². The molecule has 2 aromatic rings. The van der Waals surface area contributed by atoms with Crippen molar-refractivity contribution < 1.29 is 30.0 Å². The van der Waals surface area contributed by atoms with Gasteiger partial charge in [0.15, 0.2) is 17.4 Å². The summed E-state index contributed by atoms with van der Waals surface area (Å²) in [6.07, 6.45) is 13.3. The molecule has 1 aromatic heterocycles. The van der Waals surface area contributed by atoms with E-state index in [0.29, 0.717) is 52.4 Å². The van der Waals surface area contributed by atoms with E-state index in [9.17, 15) is 24.3 Å². The first kappa shape index (κ1) is 43.7. The van der Waals surface area contributed by atoms with Crippen molar-refractivity contribution in [2.24, 2.45) is 23.5 Å². The van der Waals surface area contributed by atoms with Crippen molar-refractivity contribution in [1.82, 2.24) is 14.6 Å². The Morgan fingerprint density at radius 1 is 1.14 bits per heavy atom. The van der Waals surface area contributed by atoms with Gasteiger partial charge in [-0.25, -0.2) is 0 Å². The van der Waals surface area contributed by atoms with E-state index in [1.54, 1.807) is 29.8 Å². The average Bonchev–Trinajstić information content (AvgIpc) is 4.04. The van der Waals surface area contributed by atoms with Crippen LogP contribution in [-0.4, -0.2) is 62.7 Å². The number of allylic oxidation sites excluding steroid dienone is 2. The monoisotopic (exact) mass is 730 g/mol. The lowest BCUT2D eigenvalue weighted by atomic mass is 10.1. The highest BCUT2D eigenvalue weighted by atomic mass is 32.2. The molecule has 11 nitrogen and oxygen atoms in total. The number of carbonyl (C=O) groups is 3. The Morgan fingerprint density at radius 3 is 2.45 bits per heavy atom. The van der Waals surface area contributed by atoms with Gasteiger partial charge in [0.1, 0.15) is 11.8 Å². The van der Waals surface area contributed by atoms with Gasteiger partial charge < -0.3 is 31.2 Å². The van der Waals surface area contributed by atoms with E-state index in [2.05, 4.69) is 27.6 Å². The van der Waals surface area contributed by atoms with Crippen LogP contribution in [0.1, 0.15) is 112 Å². The van der Waals surface area contributed by atoms with Crippen molar-refractivity contribution in [2.45, 2.75) is 137 Å². The molecule has 2 aliphatic carbocycles. The third kappa shape index (κ3) is 13.9. The highest BCUT2D eigenvalue weighted by molar-refractivity contribution is 7.98. The van der Waals surface area contributed by atoms with E-state index in [0.717, 1.165) is 38.5 Å². The Balaban J connectivity index is 0.000000363. The number of nitrogens with zero attached hydrogens (tertiary/aromatic N) is 1. The number of ether oxygens (including phenoxy) is 1. The van der Waals surface area contributed by atoms with Gasteiger partial charge in [-0.1, -0.05) is 53.2 Å². The third-order valence-corrected chi connectivity index (χ3v) is 10.0. The van der Waals surface area contributed by atoms with Crippen LogP contribution in [0.25, 0.3) is 10.9 Å². The molecule has 2 saturated carbocycles. The largest absolute Gasteiger partial charge is 0.508 e. The van der Waals surface area contributed by atoms with Gasteiger partial charge >= 0.3 is 0 Å². The number of likely N-dealkylation sites (tertiary alicyclic amines) is 1. The van der Waals surface area contributed by atoms with E-state index in [4.69, 9.17) is 10.5 Å². The molecule has 1 aliphatic heterocycles. The molecule has 0 radical (unpaired) electrons. The zero-order valence-electron chi connectivity index (χ0n) is 32.1. The molecular weight excluding hydrogens is 667 g/mol. The average molecular weight is 731 g/mol. The number of rotatable bonds is 14. The molecule has 3 fully saturated rings. The molecule has 5 rings (SSSR count). The van der Waals surface area contributed by atoms with Crippen LogP contribution in [-0.2, 0) is 14.4 Å². The Kier molecular flexibility index (Phi) is 18.6. The van der Waals surface area contributed by atoms with Crippen LogP contribution in [0.5, 0.6) is 11.6 Å². The van der Waals surface area contributed by atoms with Gasteiger partial charge in [0.25, 0.3) is 5.91 Å². The first-order valence-corrected chi connectivity index (χ1v) is 19.8. The van der Waals surface area contributed by atoms with E-state index < -0.39 is 11.9 Å². The number of nitrogens with two attached hydrogens (primary N) is 1. The van der Waals surface area contributed by atoms with Crippen molar-refractivity contribution >= 4 is 40.6 Å². The fraction of sp³-hybridized carbons (Fsp3) is 0.641. The number of primary amides is 1. The van der Waals surface area contributed by atoms with Gasteiger partial charge in [0, 0.05) is 41.1 Å². The van der Waals surface area contributed by atoms with Crippen LogP contribution in [0.4, 0.5) is 0 Å². The fourth-order valence-corrected chi connectivity index (χ4v) is 6.70. The summed E-state index contributed by atoms with van der Waals surface area (Å²) in [5, 5.41) is 10.8. The maximum atomic E-state index is 12.6. The van der Waals surface area contributed by atoms with Gasteiger partial charge in [0.2, 0.25) is 11.8 Å². The standard InChI is InChI=1S/C22H36N4O3S.C13H15NO3.2C2H6/c1-14-11-19(20(24)27)26(13-14)22(29)18(23)8-6-4-2-3-5-7-15-12-17(15)21(28)25-30-16-9-10-16;1-7(2)17-12-6-11(16)9-4-5-10(15)8(3)13(9)14-12;2*1-2/h5,7,14-19H,2-4,6,8-13,23H2,1H3,(H2,24,27)(H,25,28);4-7,15H,1-3H3,(H,14,16);2*1-2H3/p+1/b7-5-;;;/t14-,15?,17?,18+,19?;;;/m1.../s1. The molecule has 1 saturated heterocycles. The molecule has 8 N–H and O–H groups in total. The second-order valence-electron chi connectivity index (χ2n) is 13.6. The number of carbonyl (C=O) groups excluding carboxylic acids is 3. The number of phenolic OH excluding ortho intramolecular Hbond substituents is 1. The lowest BCUT2D eigenvalue weighted by Gasteiger charge is -2.23. The third-order valence-electron chi connectivity index (χ3n) is 8.88. The molecule has 12 heteroatoms. The number of aromatic nitrogens is 1. The number of H-pyrrole nitrogens is 1. The lowest BCUT2D eigenvalue weighted by molar-refractivity contribution is -0.407. The second kappa shape index (κ2) is 21.8. The van der Waals surface area contributed by atoms with Crippen LogP contribution in [0.15, 0.2) is 35.1 Å². The van der Waals surface area contributed by atoms with Crippen molar-refractivity contribution in [1.29, 1.82) is 0 Å². The summed E-state index contributed by atoms with van der Waals surface area (Å²) in [6.45, 7) is 16.2. The number of pyridine rings is 1. The summed E-state index contributed by atoms with van der Waals surface area (Å²) in [7, 11) is 0. The number of nitrogens with one attached hydrogen (secondary N) is 2. The molecule has 5 atom stereocenters. The molecule has 0 bridgehead atoms. The number of unbranched alkanes of at least 4 members (excludes halogenated alkanes) is 3. The van der Waals surface area contributed by atoms with Crippen LogP contribution in [0.2, 0.25) is 0 Å². The van der Waals surface area contributed by atoms with Gasteiger partial charge in [-0.05, 0) is 102 Å². The van der Waals surface area contributed by atoms with Crippen molar-refractivity contribution in [3.63, 3.8) is 0 Å². The number of fused-ring (bicyclic) bond motifs is 1. The smallest absolute Gasteiger partial charge is 0.281 e. The summed E-state index contributed by atoms with van der Waals surface area (Å²) in [5.74, 6) is 1.21. The number of benzene rings is 1. The molecular formula is C39H64N5O6S+. The zero-order chi connectivity index (χ0) is 38.2. The minimum atomic E-state index is -0.470. The van der Waals surface area contributed by atoms with Crippen molar-refractivity contribution in [2.75, 3.05) is 6.54 Å². The second-order valence-corrected chi connectivity index (χ2v) is 14.7. The van der Waals surface area contributed by atoms with Crippen LogP contribution >= 0.6 is 11.9 Å². The minimum absolute atomic E-state index is 0.0132. The molecule has 2 heterocycles. The summed E-state index contributed by atoms with van der Waals surface area (Å²) < 4.78 is 8.45. The maximum absolute atomic E-state index is 12.6. The van der Waals surface area contributed by atoms with Gasteiger partial charge in [-0.3, -0.25) is 23.9 Å². The Hall–Kier alpha value is -3.51. The molecule has 51 heavy (non-hydrogen) atoms. The number of aromatic hydroxyl groups is 1. The van der Waals surface area contributed by atoms with Crippen LogP contribution in [0, 0.1) is 24.7 Å². The highest BCUT2D eigenvalue weighted by Crippen LogP contribution is 2.41. The van der Waals surface area contributed by atoms with Gasteiger partial charge in [-0.15, -0.1) is 0 Å². The summed E-state index contributed by atoms with van der Waals surface area (Å²) in [6, 6.07) is 3.78. The first-order chi connectivity index (χ1) is 24.3. The minimum Gasteiger partial charge on any atom is -0.508 e. The molecule has 0 spiro atoms. The predicted molar refractivity (Wildman–Crippen MR) is 207 cm³/mol. The van der Waals surface area contributed by atoms with E-state index in [-0.39, 0.29) is 41.1 Å². The molecule has 1 aromatic carbocycles. The zero-order valence-corrected chi connectivity index (χ0v) is 32.9. The number of quaternary nitrogens is 1. The maximum Gasteiger partial charge on any atom is 0.281 e. The number of phenols is 1. The first-order valence-electron chi connectivity index (χ1n) is 18.9. The molecule has 3 unspecified atom stereocenters. The number of amides is 3. The lowest BCUT2D eigenvalue weighted by Crippen LogP contribution is -2.68. The van der Waals surface area contributed by atoms with E-state index in [1.165, 1.54) is 25.0 Å². The SMILES string of the molecule is CC.CC.C[C@@H]1CC(C(N)=O)N(C(=O)[C@@H]([NH3+])CCCCC/C=C\C2CC2C(=O)NSC2CC2)C1.Cc1c(O)ccc2c(=O)cc(OC(C)C)[nH]c12. The summed E-state index contributed by atoms with van der Waals surface area (Å²) in [5.41, 5.74) is 10.6. The summed E-state index contributed by atoms with van der Waals surface area (Å²) >= 11 is 1.59. The molecule has 3 amide bonds. The number of hydrogen-bond acceptors (Lipinski definition) is 7. The van der Waals surface area contributed by atoms with E-state index in [1.807, 2.05) is 48.5 Å². The summed E-state index contributed by atoms with van der Waals surface area (Å²) in [4.78, 5) is 52.7. The Bertz CT molecular complexity index is 1510. The number of hydrogen-bond donors (Lipinski definition) is 5. The van der Waals surface area contributed by atoms with Gasteiger partial charge in [0.05, 0.1) is 11.6 Å². The normalized spacial score (nSPS) is 21.1.